The fraction of sp³-hybridized carbons (Fsp3) is 0.357. The summed E-state index contributed by atoms with van der Waals surface area (Å²) in [6.45, 7) is 1.91. The second-order valence-electron chi connectivity index (χ2n) is 4.14. The van der Waals surface area contributed by atoms with Gasteiger partial charge in [0.05, 0.1) is 0 Å². The normalized spacial score (nSPS) is 12.6. The molecule has 0 fully saturated rings. The van der Waals surface area contributed by atoms with Crippen LogP contribution in [-0.4, -0.2) is 23.7 Å². The molecule has 1 aromatic rings. The Kier molecular flexibility index (Phi) is 6.08. The van der Waals surface area contributed by atoms with Crippen LogP contribution in [0.1, 0.15) is 25.3 Å². The Morgan fingerprint density at radius 2 is 2.11 bits per heavy atom. The van der Waals surface area contributed by atoms with Crippen molar-refractivity contribution in [1.82, 2.24) is 5.32 Å². The lowest BCUT2D eigenvalue weighted by Crippen LogP contribution is -2.32. The third-order valence-electron chi connectivity index (χ3n) is 2.45. The van der Waals surface area contributed by atoms with E-state index in [1.54, 1.807) is 24.3 Å². The molecule has 4 heteroatoms. The largest absolute Gasteiger partial charge is 0.396 e. The quantitative estimate of drug-likeness (QED) is 0.813. The summed E-state index contributed by atoms with van der Waals surface area (Å²) in [4.78, 5) is 11.5. The lowest BCUT2D eigenvalue weighted by molar-refractivity contribution is -0.120. The summed E-state index contributed by atoms with van der Waals surface area (Å²) in [7, 11) is 0. The first-order chi connectivity index (χ1) is 8.61. The second-order valence-corrected chi connectivity index (χ2v) is 4.14. The number of carbonyl (C=O) groups is 1. The van der Waals surface area contributed by atoms with E-state index in [2.05, 4.69) is 5.32 Å². The van der Waals surface area contributed by atoms with Crippen LogP contribution in [0.2, 0.25) is 0 Å². The Bertz CT molecular complexity index is 401. The summed E-state index contributed by atoms with van der Waals surface area (Å²) < 4.78 is 12.6. The number of carbonyl (C=O) groups excluding carboxylic acids is 1. The van der Waals surface area contributed by atoms with Gasteiger partial charge in [-0.3, -0.25) is 4.79 Å². The van der Waals surface area contributed by atoms with Crippen LogP contribution in [0.15, 0.2) is 30.3 Å². The van der Waals surface area contributed by atoms with E-state index in [9.17, 15) is 9.18 Å². The molecule has 2 N–H and O–H groups in total. The van der Waals surface area contributed by atoms with Crippen molar-refractivity contribution in [3.63, 3.8) is 0 Å². The number of aliphatic hydroxyl groups is 1. The van der Waals surface area contributed by atoms with Crippen molar-refractivity contribution in [2.75, 3.05) is 6.61 Å². The minimum absolute atomic E-state index is 0.0262. The zero-order chi connectivity index (χ0) is 13.4. The predicted molar refractivity (Wildman–Crippen MR) is 69.4 cm³/mol. The highest BCUT2D eigenvalue weighted by atomic mass is 19.1. The van der Waals surface area contributed by atoms with Gasteiger partial charge in [0.25, 0.3) is 0 Å². The number of amides is 1. The van der Waals surface area contributed by atoms with Crippen LogP contribution in [0.25, 0.3) is 6.08 Å². The summed E-state index contributed by atoms with van der Waals surface area (Å²) >= 11 is 0. The first-order valence-electron chi connectivity index (χ1n) is 5.94. The van der Waals surface area contributed by atoms with Gasteiger partial charge < -0.3 is 10.4 Å². The van der Waals surface area contributed by atoms with Gasteiger partial charge in [-0.15, -0.1) is 0 Å². The van der Waals surface area contributed by atoms with Crippen LogP contribution in [0.5, 0.6) is 0 Å². The molecule has 0 saturated heterocycles. The molecule has 1 unspecified atom stereocenters. The van der Waals surface area contributed by atoms with Crippen molar-refractivity contribution in [2.24, 2.45) is 0 Å². The van der Waals surface area contributed by atoms with Crippen LogP contribution in [0.4, 0.5) is 4.39 Å². The first-order valence-corrected chi connectivity index (χ1v) is 5.94. The summed E-state index contributed by atoms with van der Waals surface area (Å²) in [5.41, 5.74) is 0.854. The molecule has 0 spiro atoms. The molecule has 0 aliphatic heterocycles. The SMILES string of the molecule is CC(CCO)NC(=O)C/C=C/c1ccc(F)cc1. The molecule has 1 rings (SSSR count). The van der Waals surface area contributed by atoms with Gasteiger partial charge in [0.1, 0.15) is 5.82 Å². The number of benzene rings is 1. The Morgan fingerprint density at radius 3 is 2.72 bits per heavy atom. The Morgan fingerprint density at radius 1 is 1.44 bits per heavy atom. The smallest absolute Gasteiger partial charge is 0.224 e. The zero-order valence-electron chi connectivity index (χ0n) is 10.4. The highest BCUT2D eigenvalue weighted by Crippen LogP contribution is 2.05. The van der Waals surface area contributed by atoms with Crippen LogP contribution < -0.4 is 5.32 Å². The van der Waals surface area contributed by atoms with Crippen molar-refractivity contribution in [2.45, 2.75) is 25.8 Å². The minimum Gasteiger partial charge on any atom is -0.396 e. The molecule has 3 nitrogen and oxygen atoms in total. The second kappa shape index (κ2) is 7.61. The van der Waals surface area contributed by atoms with Crippen LogP contribution in [0, 0.1) is 5.82 Å². The van der Waals surface area contributed by atoms with E-state index in [-0.39, 0.29) is 30.8 Å². The highest BCUT2D eigenvalue weighted by molar-refractivity contribution is 5.78. The summed E-state index contributed by atoms with van der Waals surface area (Å²) in [6.07, 6.45) is 4.32. The molecule has 1 atom stereocenters. The van der Waals surface area contributed by atoms with Crippen LogP contribution in [-0.2, 0) is 4.79 Å². The molecule has 0 aliphatic rings. The van der Waals surface area contributed by atoms with Gasteiger partial charge >= 0.3 is 0 Å². The Labute approximate surface area is 106 Å². The number of aliphatic hydroxyl groups excluding tert-OH is 1. The van der Waals surface area contributed by atoms with Gasteiger partial charge in [-0.1, -0.05) is 24.3 Å². The first kappa shape index (κ1) is 14.4. The molecule has 0 saturated carbocycles. The van der Waals surface area contributed by atoms with Gasteiger partial charge in [0, 0.05) is 19.1 Å². The third kappa shape index (κ3) is 5.59. The van der Waals surface area contributed by atoms with E-state index >= 15 is 0 Å². The highest BCUT2D eigenvalue weighted by Gasteiger charge is 2.04. The van der Waals surface area contributed by atoms with Crippen molar-refractivity contribution in [3.8, 4) is 0 Å². The number of rotatable bonds is 6. The number of hydrogen-bond acceptors (Lipinski definition) is 2. The molecule has 1 aromatic carbocycles. The van der Waals surface area contributed by atoms with Gasteiger partial charge in [-0.2, -0.15) is 0 Å². The summed E-state index contributed by atoms with van der Waals surface area (Å²) in [6, 6.07) is 6.03. The van der Waals surface area contributed by atoms with Crippen LogP contribution >= 0.6 is 0 Å². The van der Waals surface area contributed by atoms with E-state index in [0.717, 1.165) is 5.56 Å². The maximum atomic E-state index is 12.6. The topological polar surface area (TPSA) is 49.3 Å². The van der Waals surface area contributed by atoms with Gasteiger partial charge in [-0.05, 0) is 31.0 Å². The van der Waals surface area contributed by atoms with Crippen LogP contribution in [0.3, 0.4) is 0 Å². The Balaban J connectivity index is 2.35. The minimum atomic E-state index is -0.275. The molecule has 1 amide bonds. The molecule has 0 heterocycles. The summed E-state index contributed by atoms with van der Waals surface area (Å²) in [5, 5.41) is 11.5. The maximum Gasteiger partial charge on any atom is 0.224 e. The van der Waals surface area contributed by atoms with Crippen molar-refractivity contribution >= 4 is 12.0 Å². The molecule has 18 heavy (non-hydrogen) atoms. The van der Waals surface area contributed by atoms with Crippen molar-refractivity contribution in [3.05, 3.63) is 41.7 Å². The molecule has 0 aliphatic carbocycles. The monoisotopic (exact) mass is 251 g/mol. The fourth-order valence-corrected chi connectivity index (χ4v) is 1.48. The van der Waals surface area contributed by atoms with Crippen molar-refractivity contribution in [1.29, 1.82) is 0 Å². The van der Waals surface area contributed by atoms with Gasteiger partial charge in [-0.25, -0.2) is 4.39 Å². The van der Waals surface area contributed by atoms with Crippen molar-refractivity contribution < 1.29 is 14.3 Å². The number of hydrogen-bond donors (Lipinski definition) is 2. The van der Waals surface area contributed by atoms with E-state index < -0.39 is 0 Å². The maximum absolute atomic E-state index is 12.6. The molecule has 0 aromatic heterocycles. The number of nitrogens with one attached hydrogen (secondary N) is 1. The zero-order valence-corrected chi connectivity index (χ0v) is 10.4. The standard InChI is InChI=1S/C14H18FNO2/c1-11(9-10-17)16-14(18)4-2-3-12-5-7-13(15)8-6-12/h2-3,5-8,11,17H,4,9-10H2,1H3,(H,16,18)/b3-2+. The van der Waals surface area contributed by atoms with E-state index in [1.165, 1.54) is 12.1 Å². The molecular formula is C14H18FNO2. The molecule has 98 valence electrons. The fourth-order valence-electron chi connectivity index (χ4n) is 1.48. The molecule has 0 bridgehead atoms. The van der Waals surface area contributed by atoms with E-state index in [4.69, 9.17) is 5.11 Å². The van der Waals surface area contributed by atoms with Gasteiger partial charge in [0.15, 0.2) is 0 Å². The van der Waals surface area contributed by atoms with Gasteiger partial charge in [0.2, 0.25) is 5.91 Å². The molecule has 0 radical (unpaired) electrons. The summed E-state index contributed by atoms with van der Waals surface area (Å²) in [5.74, 6) is -0.364. The predicted octanol–water partition coefficient (Wildman–Crippen LogP) is 2.12. The number of halogens is 1. The average Bonchev–Trinajstić information content (AvgIpc) is 2.32. The van der Waals surface area contributed by atoms with E-state index in [0.29, 0.717) is 6.42 Å². The molecular weight excluding hydrogens is 233 g/mol. The average molecular weight is 251 g/mol. The van der Waals surface area contributed by atoms with E-state index in [1.807, 2.05) is 6.92 Å². The Hall–Kier alpha value is -1.68. The third-order valence-corrected chi connectivity index (χ3v) is 2.45. The lowest BCUT2D eigenvalue weighted by atomic mass is 10.2. The lowest BCUT2D eigenvalue weighted by Gasteiger charge is -2.10.